The van der Waals surface area contributed by atoms with Crippen LogP contribution in [0.3, 0.4) is 0 Å². The molecule has 0 fully saturated rings. The number of carbonyl (C=O) groups is 1. The average Bonchev–Trinajstić information content (AvgIpc) is 2.72. The van der Waals surface area contributed by atoms with Crippen molar-refractivity contribution >= 4 is 23.5 Å². The van der Waals surface area contributed by atoms with Crippen LogP contribution in [0, 0.1) is 0 Å². The summed E-state index contributed by atoms with van der Waals surface area (Å²) in [5.74, 6) is 0.455. The number of aromatic nitrogens is 2. The summed E-state index contributed by atoms with van der Waals surface area (Å²) in [6.07, 6.45) is 0. The molecule has 1 aromatic heterocycles. The maximum Gasteiger partial charge on any atom is 0.315 e. The van der Waals surface area contributed by atoms with Crippen LogP contribution in [-0.2, 0) is 10.7 Å². The molecule has 0 aliphatic carbocycles. The predicted molar refractivity (Wildman–Crippen MR) is 55.7 cm³/mol. The second-order valence-corrected chi connectivity index (χ2v) is 3.16. The minimum atomic E-state index is -0.0388. The third-order valence-electron chi connectivity index (χ3n) is 1.87. The van der Waals surface area contributed by atoms with Gasteiger partial charge in [-0.2, -0.15) is 0 Å². The summed E-state index contributed by atoms with van der Waals surface area (Å²) >= 11 is 5.48. The zero-order chi connectivity index (χ0) is 11.3. The summed E-state index contributed by atoms with van der Waals surface area (Å²) in [5, 5.41) is 10.0. The Kier molecular flexibility index (Phi) is 4.36. The summed E-state index contributed by atoms with van der Waals surface area (Å²) < 4.78 is 5.06. The van der Waals surface area contributed by atoms with Gasteiger partial charge in [0.25, 0.3) is 0 Å². The molecule has 0 saturated carbocycles. The molecular weight excluding hydrogens is 220 g/mol. The summed E-state index contributed by atoms with van der Waals surface area (Å²) in [7, 11) is 1.72. The molecule has 15 heavy (non-hydrogen) atoms. The average molecular weight is 233 g/mol. The van der Waals surface area contributed by atoms with Gasteiger partial charge in [-0.15, -0.1) is 16.7 Å². The van der Waals surface area contributed by atoms with Crippen LogP contribution in [0.1, 0.15) is 12.8 Å². The minimum absolute atomic E-state index is 0.0388. The predicted octanol–water partition coefficient (Wildman–Crippen LogP) is 0.699. The highest BCUT2D eigenvalue weighted by molar-refractivity contribution is 6.16. The number of likely N-dealkylation sites (N-methyl/N-ethyl adjacent to an activating group) is 1. The third-order valence-corrected chi connectivity index (χ3v) is 2.10. The van der Waals surface area contributed by atoms with E-state index in [2.05, 4.69) is 15.5 Å². The van der Waals surface area contributed by atoms with Crippen molar-refractivity contribution in [2.75, 3.05) is 25.5 Å². The summed E-state index contributed by atoms with van der Waals surface area (Å²) in [4.78, 5) is 13.0. The van der Waals surface area contributed by atoms with Gasteiger partial charge >= 0.3 is 6.01 Å². The Morgan fingerprint density at radius 2 is 2.33 bits per heavy atom. The van der Waals surface area contributed by atoms with Gasteiger partial charge in [-0.1, -0.05) is 5.10 Å². The van der Waals surface area contributed by atoms with Crippen molar-refractivity contribution < 1.29 is 9.21 Å². The largest absolute Gasteiger partial charge is 0.407 e. The fourth-order valence-electron chi connectivity index (χ4n) is 0.842. The molecule has 0 aliphatic rings. The highest BCUT2D eigenvalue weighted by Crippen LogP contribution is 2.06. The number of hydrogen-bond donors (Lipinski definition) is 1. The number of halogens is 1. The zero-order valence-electron chi connectivity index (χ0n) is 8.66. The van der Waals surface area contributed by atoms with Gasteiger partial charge in [0, 0.05) is 13.6 Å². The quantitative estimate of drug-likeness (QED) is 0.757. The Morgan fingerprint density at radius 1 is 1.60 bits per heavy atom. The first-order valence-corrected chi connectivity index (χ1v) is 5.07. The second kappa shape index (κ2) is 5.55. The Morgan fingerprint density at radius 3 is 2.87 bits per heavy atom. The zero-order valence-corrected chi connectivity index (χ0v) is 9.41. The number of rotatable bonds is 5. The molecule has 1 heterocycles. The van der Waals surface area contributed by atoms with Gasteiger partial charge in [-0.25, -0.2) is 0 Å². The maximum atomic E-state index is 11.4. The van der Waals surface area contributed by atoms with Crippen LogP contribution in [0.2, 0.25) is 0 Å². The van der Waals surface area contributed by atoms with E-state index in [1.165, 1.54) is 0 Å². The van der Waals surface area contributed by atoms with E-state index in [4.69, 9.17) is 16.0 Å². The van der Waals surface area contributed by atoms with Gasteiger partial charge in [-0.05, 0) is 6.92 Å². The Bertz CT molecular complexity index is 328. The number of alkyl halides is 1. The van der Waals surface area contributed by atoms with Gasteiger partial charge in [0.1, 0.15) is 5.88 Å². The number of nitrogens with one attached hydrogen (secondary N) is 1. The van der Waals surface area contributed by atoms with Gasteiger partial charge in [-0.3, -0.25) is 4.79 Å². The lowest BCUT2D eigenvalue weighted by atomic mass is 10.5. The van der Waals surface area contributed by atoms with Crippen LogP contribution in [-0.4, -0.2) is 41.1 Å². The number of carbonyl (C=O) groups excluding carboxylic acids is 1. The maximum absolute atomic E-state index is 11.4. The topological polar surface area (TPSA) is 71.3 Å². The van der Waals surface area contributed by atoms with Crippen molar-refractivity contribution in [2.24, 2.45) is 0 Å². The number of nitrogens with zero attached hydrogens (tertiary/aromatic N) is 3. The van der Waals surface area contributed by atoms with Crippen LogP contribution < -0.4 is 5.32 Å². The Hall–Kier alpha value is -1.30. The molecule has 0 aliphatic heterocycles. The van der Waals surface area contributed by atoms with Crippen LogP contribution in [0.15, 0.2) is 4.42 Å². The van der Waals surface area contributed by atoms with E-state index in [-0.39, 0.29) is 24.3 Å². The van der Waals surface area contributed by atoms with Gasteiger partial charge < -0.3 is 14.6 Å². The van der Waals surface area contributed by atoms with E-state index in [1.54, 1.807) is 11.9 Å². The molecule has 1 rings (SSSR count). The molecule has 1 amide bonds. The SMILES string of the molecule is CCN(C)C(=O)CNc1nnc(CCl)o1. The van der Waals surface area contributed by atoms with E-state index >= 15 is 0 Å². The smallest absolute Gasteiger partial charge is 0.315 e. The first-order valence-electron chi connectivity index (χ1n) is 4.53. The van der Waals surface area contributed by atoms with Crippen molar-refractivity contribution in [3.05, 3.63) is 5.89 Å². The summed E-state index contributed by atoms with van der Waals surface area (Å²) in [5.41, 5.74) is 0. The standard InChI is InChI=1S/C8H13ClN4O2/c1-3-13(2)7(14)5-10-8-12-11-6(4-9)15-8/h3-5H2,1-2H3,(H,10,12). The molecule has 1 N–H and O–H groups in total. The first kappa shape index (κ1) is 11.8. The molecule has 6 nitrogen and oxygen atoms in total. The molecule has 1 aromatic rings. The lowest BCUT2D eigenvalue weighted by molar-refractivity contribution is -0.127. The first-order chi connectivity index (χ1) is 7.17. The highest BCUT2D eigenvalue weighted by atomic mass is 35.5. The van der Waals surface area contributed by atoms with Crippen molar-refractivity contribution in [3.63, 3.8) is 0 Å². The van der Waals surface area contributed by atoms with E-state index in [0.29, 0.717) is 12.4 Å². The normalized spacial score (nSPS) is 10.1. The lowest BCUT2D eigenvalue weighted by Crippen LogP contribution is -2.31. The van der Waals surface area contributed by atoms with E-state index in [1.807, 2.05) is 6.92 Å². The van der Waals surface area contributed by atoms with Crippen molar-refractivity contribution in [1.29, 1.82) is 0 Å². The van der Waals surface area contributed by atoms with Crippen molar-refractivity contribution in [1.82, 2.24) is 15.1 Å². The molecular formula is C8H13ClN4O2. The van der Waals surface area contributed by atoms with Gasteiger partial charge in [0.2, 0.25) is 11.8 Å². The fraction of sp³-hybridized carbons (Fsp3) is 0.625. The molecule has 0 spiro atoms. The molecule has 7 heteroatoms. The third kappa shape index (κ3) is 3.39. The number of anilines is 1. The molecule has 0 aromatic carbocycles. The Balaban J connectivity index is 2.40. The minimum Gasteiger partial charge on any atom is -0.407 e. The molecule has 0 unspecified atom stereocenters. The Labute approximate surface area is 92.6 Å². The van der Waals surface area contributed by atoms with Crippen LogP contribution in [0.25, 0.3) is 0 Å². The van der Waals surface area contributed by atoms with Crippen LogP contribution >= 0.6 is 11.6 Å². The number of hydrogen-bond acceptors (Lipinski definition) is 5. The van der Waals surface area contributed by atoms with Crippen LogP contribution in [0.4, 0.5) is 6.01 Å². The van der Waals surface area contributed by atoms with E-state index < -0.39 is 0 Å². The summed E-state index contributed by atoms with van der Waals surface area (Å²) in [6.45, 7) is 2.70. The molecule has 0 atom stereocenters. The number of amides is 1. The summed E-state index contributed by atoms with van der Waals surface area (Å²) in [6, 6.07) is 0.212. The lowest BCUT2D eigenvalue weighted by Gasteiger charge is -2.13. The van der Waals surface area contributed by atoms with Gasteiger partial charge in [0.15, 0.2) is 0 Å². The van der Waals surface area contributed by atoms with Crippen molar-refractivity contribution in [3.8, 4) is 0 Å². The molecule has 0 radical (unpaired) electrons. The van der Waals surface area contributed by atoms with Crippen molar-refractivity contribution in [2.45, 2.75) is 12.8 Å². The molecule has 0 bridgehead atoms. The second-order valence-electron chi connectivity index (χ2n) is 2.90. The van der Waals surface area contributed by atoms with Gasteiger partial charge in [0.05, 0.1) is 6.54 Å². The van der Waals surface area contributed by atoms with E-state index in [9.17, 15) is 4.79 Å². The highest BCUT2D eigenvalue weighted by Gasteiger charge is 2.09. The van der Waals surface area contributed by atoms with Crippen LogP contribution in [0.5, 0.6) is 0 Å². The van der Waals surface area contributed by atoms with E-state index in [0.717, 1.165) is 0 Å². The fourth-order valence-corrected chi connectivity index (χ4v) is 0.950. The molecule has 0 saturated heterocycles. The molecule has 84 valence electrons. The monoisotopic (exact) mass is 232 g/mol.